The normalized spacial score (nSPS) is 15.4. The van der Waals surface area contributed by atoms with Gasteiger partial charge in [-0.3, -0.25) is 0 Å². The van der Waals surface area contributed by atoms with Crippen LogP contribution in [0.5, 0.6) is 5.75 Å². The van der Waals surface area contributed by atoms with Crippen LogP contribution in [0.3, 0.4) is 0 Å². The Balaban J connectivity index is 1.48. The fourth-order valence-corrected chi connectivity index (χ4v) is 3.35. The Morgan fingerprint density at radius 3 is 2.75 bits per heavy atom. The number of ether oxygens (including phenoxy) is 1. The zero-order valence-corrected chi connectivity index (χ0v) is 16.0. The van der Waals surface area contributed by atoms with Crippen molar-refractivity contribution in [1.82, 2.24) is 25.5 Å². The van der Waals surface area contributed by atoms with Crippen molar-refractivity contribution in [2.45, 2.75) is 38.8 Å². The number of amides is 2. The van der Waals surface area contributed by atoms with Crippen LogP contribution in [-0.4, -0.2) is 31.8 Å². The summed E-state index contributed by atoms with van der Waals surface area (Å²) < 4.78 is 7.61. The van der Waals surface area contributed by atoms with Gasteiger partial charge in [-0.15, -0.1) is 5.10 Å². The molecule has 8 heteroatoms. The number of aromatic nitrogens is 4. The summed E-state index contributed by atoms with van der Waals surface area (Å²) in [7, 11) is 0. The molecule has 0 fully saturated rings. The highest BCUT2D eigenvalue weighted by molar-refractivity contribution is 5.91. The van der Waals surface area contributed by atoms with Crippen molar-refractivity contribution in [2.75, 3.05) is 5.32 Å². The average molecular weight is 378 g/mol. The quantitative estimate of drug-likeness (QED) is 0.727. The molecular formula is C20H22N6O2. The van der Waals surface area contributed by atoms with Gasteiger partial charge >= 0.3 is 6.03 Å². The van der Waals surface area contributed by atoms with E-state index in [2.05, 4.69) is 26.2 Å². The molecular weight excluding hydrogens is 356 g/mol. The summed E-state index contributed by atoms with van der Waals surface area (Å²) in [5.74, 6) is 1.27. The van der Waals surface area contributed by atoms with Gasteiger partial charge in [-0.25, -0.2) is 4.79 Å². The number of fused-ring (bicyclic) bond motifs is 1. The third kappa shape index (κ3) is 3.53. The first-order chi connectivity index (χ1) is 13.4. The number of para-hydroxylation sites is 2. The molecule has 1 aliphatic rings. The summed E-state index contributed by atoms with van der Waals surface area (Å²) in [6, 6.07) is 14.6. The van der Waals surface area contributed by atoms with Gasteiger partial charge in [0.05, 0.1) is 17.4 Å². The van der Waals surface area contributed by atoms with Crippen LogP contribution in [0, 0.1) is 0 Å². The number of urea groups is 1. The second-order valence-corrected chi connectivity index (χ2v) is 7.44. The van der Waals surface area contributed by atoms with Gasteiger partial charge in [-0.05, 0) is 49.4 Å². The predicted molar refractivity (Wildman–Crippen MR) is 105 cm³/mol. The molecule has 2 amide bonds. The lowest BCUT2D eigenvalue weighted by Crippen LogP contribution is -2.33. The third-order valence-electron chi connectivity index (χ3n) is 4.57. The van der Waals surface area contributed by atoms with E-state index in [9.17, 15) is 4.79 Å². The van der Waals surface area contributed by atoms with Crippen molar-refractivity contribution in [2.24, 2.45) is 0 Å². The largest absolute Gasteiger partial charge is 0.485 e. The van der Waals surface area contributed by atoms with Crippen LogP contribution in [-0.2, 0) is 6.42 Å². The molecule has 0 unspecified atom stereocenters. The van der Waals surface area contributed by atoms with Gasteiger partial charge in [-0.2, -0.15) is 4.68 Å². The molecule has 0 radical (unpaired) electrons. The molecule has 2 aromatic carbocycles. The summed E-state index contributed by atoms with van der Waals surface area (Å²) in [6.45, 7) is 5.89. The summed E-state index contributed by atoms with van der Waals surface area (Å²) >= 11 is 0. The van der Waals surface area contributed by atoms with Crippen LogP contribution in [0.2, 0.25) is 0 Å². The van der Waals surface area contributed by atoms with E-state index < -0.39 is 6.04 Å². The zero-order chi connectivity index (χ0) is 19.7. The second kappa shape index (κ2) is 6.95. The Bertz CT molecular complexity index is 999. The fraction of sp³-hybridized carbons (Fsp3) is 0.300. The molecule has 0 saturated carbocycles. The van der Waals surface area contributed by atoms with Crippen molar-refractivity contribution in [3.8, 4) is 11.4 Å². The summed E-state index contributed by atoms with van der Waals surface area (Å²) in [5.41, 5.74) is 2.29. The Morgan fingerprint density at radius 1 is 1.18 bits per heavy atom. The van der Waals surface area contributed by atoms with Gasteiger partial charge < -0.3 is 15.4 Å². The molecule has 28 heavy (non-hydrogen) atoms. The van der Waals surface area contributed by atoms with Crippen molar-refractivity contribution in [3.05, 3.63) is 59.9 Å². The minimum Gasteiger partial charge on any atom is -0.485 e. The smallest absolute Gasteiger partial charge is 0.319 e. The number of anilines is 1. The number of nitrogens with one attached hydrogen (secondary N) is 2. The molecule has 1 aromatic heterocycles. The van der Waals surface area contributed by atoms with Crippen molar-refractivity contribution < 1.29 is 9.53 Å². The van der Waals surface area contributed by atoms with E-state index in [0.717, 1.165) is 23.4 Å². The first kappa shape index (κ1) is 18.0. The topological polar surface area (TPSA) is 94.0 Å². The number of rotatable bonds is 4. The SMILES string of the molecule is C[C@@H](NC(=O)Nc1cccc2c1OC(C)(C)C2)c1nnnn1-c1ccccc1. The first-order valence-corrected chi connectivity index (χ1v) is 9.15. The number of hydrogen-bond acceptors (Lipinski definition) is 5. The van der Waals surface area contributed by atoms with Crippen LogP contribution in [0.1, 0.15) is 38.2 Å². The summed E-state index contributed by atoms with van der Waals surface area (Å²) in [6.07, 6.45) is 0.807. The molecule has 1 atom stereocenters. The predicted octanol–water partition coefficient (Wildman–Crippen LogP) is 3.26. The first-order valence-electron chi connectivity index (χ1n) is 9.15. The molecule has 3 aromatic rings. The van der Waals surface area contributed by atoms with E-state index in [1.807, 2.05) is 69.3 Å². The van der Waals surface area contributed by atoms with E-state index in [1.165, 1.54) is 0 Å². The molecule has 2 N–H and O–H groups in total. The Labute approximate surface area is 162 Å². The highest BCUT2D eigenvalue weighted by Crippen LogP contribution is 2.40. The standard InChI is InChI=1S/C20H22N6O2/c1-13(18-23-24-25-26(18)15-9-5-4-6-10-15)21-19(27)22-16-11-7-8-14-12-20(2,3)28-17(14)16/h4-11,13H,12H2,1-3H3,(H2,21,22,27)/t13-/m1/s1. The zero-order valence-electron chi connectivity index (χ0n) is 16.0. The van der Waals surface area contributed by atoms with Gasteiger partial charge in [0, 0.05) is 12.0 Å². The Hall–Kier alpha value is -3.42. The molecule has 0 spiro atoms. The van der Waals surface area contributed by atoms with E-state index in [1.54, 1.807) is 4.68 Å². The lowest BCUT2D eigenvalue weighted by atomic mass is 10.0. The molecule has 0 saturated heterocycles. The number of carbonyl (C=O) groups excluding carboxylic acids is 1. The highest BCUT2D eigenvalue weighted by Gasteiger charge is 2.32. The highest BCUT2D eigenvalue weighted by atomic mass is 16.5. The molecule has 0 bridgehead atoms. The van der Waals surface area contributed by atoms with Gasteiger partial charge in [0.15, 0.2) is 5.82 Å². The van der Waals surface area contributed by atoms with E-state index in [4.69, 9.17) is 4.74 Å². The molecule has 8 nitrogen and oxygen atoms in total. The number of benzene rings is 2. The second-order valence-electron chi connectivity index (χ2n) is 7.44. The minimum absolute atomic E-state index is 0.276. The maximum Gasteiger partial charge on any atom is 0.319 e. The fourth-order valence-electron chi connectivity index (χ4n) is 3.35. The van der Waals surface area contributed by atoms with E-state index >= 15 is 0 Å². The van der Waals surface area contributed by atoms with Crippen LogP contribution in [0.25, 0.3) is 5.69 Å². The number of nitrogens with zero attached hydrogens (tertiary/aromatic N) is 4. The Kier molecular flexibility index (Phi) is 4.46. The maximum absolute atomic E-state index is 12.6. The lowest BCUT2D eigenvalue weighted by molar-refractivity contribution is 0.139. The van der Waals surface area contributed by atoms with Gasteiger partial charge in [0.2, 0.25) is 0 Å². The molecule has 4 rings (SSSR count). The van der Waals surface area contributed by atoms with Crippen LogP contribution in [0.4, 0.5) is 10.5 Å². The van der Waals surface area contributed by atoms with E-state index in [-0.39, 0.29) is 11.6 Å². The van der Waals surface area contributed by atoms with Gasteiger partial charge in [0.25, 0.3) is 0 Å². The number of hydrogen-bond donors (Lipinski definition) is 2. The van der Waals surface area contributed by atoms with Crippen LogP contribution < -0.4 is 15.4 Å². The Morgan fingerprint density at radius 2 is 1.96 bits per heavy atom. The third-order valence-corrected chi connectivity index (χ3v) is 4.57. The average Bonchev–Trinajstić information content (AvgIpc) is 3.26. The number of carbonyl (C=O) groups is 1. The monoisotopic (exact) mass is 378 g/mol. The molecule has 144 valence electrons. The molecule has 1 aliphatic heterocycles. The summed E-state index contributed by atoms with van der Waals surface area (Å²) in [5, 5.41) is 17.6. The molecule has 2 heterocycles. The van der Waals surface area contributed by atoms with Crippen molar-refractivity contribution in [3.63, 3.8) is 0 Å². The maximum atomic E-state index is 12.6. The molecule has 0 aliphatic carbocycles. The van der Waals surface area contributed by atoms with Crippen LogP contribution >= 0.6 is 0 Å². The lowest BCUT2D eigenvalue weighted by Gasteiger charge is -2.19. The van der Waals surface area contributed by atoms with Gasteiger partial charge in [0.1, 0.15) is 11.4 Å². The number of tetrazole rings is 1. The van der Waals surface area contributed by atoms with Crippen molar-refractivity contribution in [1.29, 1.82) is 0 Å². The van der Waals surface area contributed by atoms with E-state index in [0.29, 0.717) is 11.5 Å². The summed E-state index contributed by atoms with van der Waals surface area (Å²) in [4.78, 5) is 12.6. The van der Waals surface area contributed by atoms with Gasteiger partial charge in [-0.1, -0.05) is 30.3 Å². The minimum atomic E-state index is -0.399. The van der Waals surface area contributed by atoms with Crippen molar-refractivity contribution >= 4 is 11.7 Å². The van der Waals surface area contributed by atoms with Crippen LogP contribution in [0.15, 0.2) is 48.5 Å².